The molecular formula is C17H35O3P. The Kier molecular flexibility index (Phi) is 16.1. The van der Waals surface area contributed by atoms with E-state index in [1.165, 1.54) is 57.8 Å². The van der Waals surface area contributed by atoms with E-state index in [1.807, 2.05) is 0 Å². The molecule has 3 nitrogen and oxygen atoms in total. The fraction of sp³-hybridized carbons (Fsp3) is 0.941. The highest BCUT2D eigenvalue weighted by molar-refractivity contribution is 7.09. The van der Waals surface area contributed by atoms with Crippen LogP contribution in [-0.2, 0) is 14.1 Å². The van der Waals surface area contributed by atoms with Crippen LogP contribution in [0.25, 0.3) is 0 Å². The molecule has 0 rings (SSSR count). The molecule has 0 saturated carbocycles. The third-order valence-corrected chi connectivity index (χ3v) is 4.18. The predicted octanol–water partition coefficient (Wildman–Crippen LogP) is 5.28. The van der Waals surface area contributed by atoms with Crippen LogP contribution in [0.1, 0.15) is 84.5 Å². The Morgan fingerprint density at radius 2 is 1.62 bits per heavy atom. The molecule has 0 saturated heterocycles. The second-order valence-corrected chi connectivity index (χ2v) is 6.17. The molecule has 0 aromatic rings. The van der Waals surface area contributed by atoms with Gasteiger partial charge in [-0.05, 0) is 12.3 Å². The van der Waals surface area contributed by atoms with E-state index in [2.05, 4.69) is 23.3 Å². The number of rotatable bonds is 15. The molecule has 0 heterocycles. The zero-order valence-electron chi connectivity index (χ0n) is 14.1. The minimum absolute atomic E-state index is 0.146. The Hall–Kier alpha value is -0.140. The molecule has 0 spiro atoms. The fourth-order valence-electron chi connectivity index (χ4n) is 2.40. The average Bonchev–Trinajstić information content (AvgIpc) is 2.50. The van der Waals surface area contributed by atoms with Crippen molar-refractivity contribution in [2.45, 2.75) is 84.5 Å². The fourth-order valence-corrected chi connectivity index (χ4v) is 2.52. The van der Waals surface area contributed by atoms with E-state index in [0.717, 1.165) is 6.42 Å². The monoisotopic (exact) mass is 318 g/mol. The van der Waals surface area contributed by atoms with Gasteiger partial charge in [0, 0.05) is 9.47 Å². The lowest BCUT2D eigenvalue weighted by Gasteiger charge is -2.15. The van der Waals surface area contributed by atoms with Gasteiger partial charge < -0.3 is 9.26 Å². The van der Waals surface area contributed by atoms with Crippen molar-refractivity contribution in [2.75, 3.05) is 13.2 Å². The van der Waals surface area contributed by atoms with E-state index >= 15 is 0 Å². The summed E-state index contributed by atoms with van der Waals surface area (Å²) in [5.41, 5.74) is 0. The van der Waals surface area contributed by atoms with Crippen molar-refractivity contribution in [3.63, 3.8) is 0 Å². The summed E-state index contributed by atoms with van der Waals surface area (Å²) in [6.45, 7) is 5.42. The maximum atomic E-state index is 11.4. The van der Waals surface area contributed by atoms with Crippen molar-refractivity contribution < 1.29 is 14.1 Å². The Labute approximate surface area is 133 Å². The zero-order valence-corrected chi connectivity index (χ0v) is 15.2. The second-order valence-electron chi connectivity index (χ2n) is 5.84. The summed E-state index contributed by atoms with van der Waals surface area (Å²) < 4.78 is 10.1. The summed E-state index contributed by atoms with van der Waals surface area (Å²) in [6.07, 6.45) is 13.4. The van der Waals surface area contributed by atoms with Gasteiger partial charge in [-0.1, -0.05) is 71.6 Å². The Morgan fingerprint density at radius 3 is 2.19 bits per heavy atom. The first-order valence-corrected chi connectivity index (χ1v) is 9.19. The highest BCUT2D eigenvalue weighted by atomic mass is 31.0. The molecule has 0 N–H and O–H groups in total. The largest absolute Gasteiger partial charge is 0.465 e. The van der Waals surface area contributed by atoms with Gasteiger partial charge >= 0.3 is 5.97 Å². The Balaban J connectivity index is 3.46. The number of carbonyl (C=O) groups excluding carboxylic acids is 1. The predicted molar refractivity (Wildman–Crippen MR) is 92.2 cm³/mol. The van der Waals surface area contributed by atoms with Crippen LogP contribution in [-0.4, -0.2) is 19.2 Å². The van der Waals surface area contributed by atoms with Crippen LogP contribution in [0.15, 0.2) is 0 Å². The molecule has 0 aliphatic heterocycles. The smallest absolute Gasteiger partial charge is 0.308 e. The van der Waals surface area contributed by atoms with Crippen LogP contribution in [0.3, 0.4) is 0 Å². The standard InChI is InChI=1S/C17H35O3P/c1-3-5-6-7-8-9-10-11-12-16(4-2)15-19-17(18)13-14-20-21/h16H,3-15,21H2,1-2H3. The molecule has 0 aliphatic rings. The lowest BCUT2D eigenvalue weighted by atomic mass is 9.98. The van der Waals surface area contributed by atoms with Crippen molar-refractivity contribution in [3.8, 4) is 0 Å². The van der Waals surface area contributed by atoms with Crippen LogP contribution in [0.5, 0.6) is 0 Å². The molecule has 0 amide bonds. The van der Waals surface area contributed by atoms with E-state index in [1.54, 1.807) is 0 Å². The van der Waals surface area contributed by atoms with Crippen LogP contribution < -0.4 is 0 Å². The second kappa shape index (κ2) is 16.2. The number of hydrogen-bond acceptors (Lipinski definition) is 3. The number of ether oxygens (including phenoxy) is 1. The van der Waals surface area contributed by atoms with E-state index < -0.39 is 0 Å². The molecule has 0 aromatic heterocycles. The Morgan fingerprint density at radius 1 is 1.00 bits per heavy atom. The minimum atomic E-state index is -0.146. The first-order valence-electron chi connectivity index (χ1n) is 8.71. The molecular weight excluding hydrogens is 283 g/mol. The molecule has 2 unspecified atom stereocenters. The third kappa shape index (κ3) is 14.6. The topological polar surface area (TPSA) is 35.5 Å². The van der Waals surface area contributed by atoms with Gasteiger partial charge in [0.15, 0.2) is 0 Å². The van der Waals surface area contributed by atoms with Gasteiger partial charge in [0.2, 0.25) is 0 Å². The number of carbonyl (C=O) groups is 1. The SMILES string of the molecule is CCCCCCCCCCC(CC)COC(=O)CCOP. The van der Waals surface area contributed by atoms with E-state index in [-0.39, 0.29) is 5.97 Å². The zero-order chi connectivity index (χ0) is 15.8. The molecule has 126 valence electrons. The summed E-state index contributed by atoms with van der Waals surface area (Å²) in [6, 6.07) is 0. The van der Waals surface area contributed by atoms with Gasteiger partial charge in [0.1, 0.15) is 0 Å². The van der Waals surface area contributed by atoms with Crippen LogP contribution in [0, 0.1) is 5.92 Å². The summed E-state index contributed by atoms with van der Waals surface area (Å²) >= 11 is 0. The van der Waals surface area contributed by atoms with Crippen molar-refractivity contribution in [3.05, 3.63) is 0 Å². The van der Waals surface area contributed by atoms with Crippen LogP contribution in [0.4, 0.5) is 0 Å². The van der Waals surface area contributed by atoms with E-state index in [4.69, 9.17) is 9.26 Å². The number of unbranched alkanes of at least 4 members (excludes halogenated alkanes) is 7. The molecule has 0 radical (unpaired) electrons. The van der Waals surface area contributed by atoms with Crippen LogP contribution >= 0.6 is 9.47 Å². The Bertz CT molecular complexity index is 234. The third-order valence-electron chi connectivity index (χ3n) is 3.95. The maximum absolute atomic E-state index is 11.4. The lowest BCUT2D eigenvalue weighted by Crippen LogP contribution is -2.14. The van der Waals surface area contributed by atoms with Crippen molar-refractivity contribution in [2.24, 2.45) is 5.92 Å². The maximum Gasteiger partial charge on any atom is 0.308 e. The number of esters is 1. The van der Waals surface area contributed by atoms with Gasteiger partial charge in [-0.15, -0.1) is 0 Å². The van der Waals surface area contributed by atoms with E-state index in [0.29, 0.717) is 25.6 Å². The molecule has 0 aliphatic carbocycles. The van der Waals surface area contributed by atoms with Crippen molar-refractivity contribution in [1.29, 1.82) is 0 Å². The highest BCUT2D eigenvalue weighted by Gasteiger charge is 2.10. The highest BCUT2D eigenvalue weighted by Crippen LogP contribution is 2.16. The van der Waals surface area contributed by atoms with Crippen molar-refractivity contribution in [1.82, 2.24) is 0 Å². The number of hydrogen-bond donors (Lipinski definition) is 0. The molecule has 2 atom stereocenters. The van der Waals surface area contributed by atoms with Gasteiger partial charge in [-0.25, -0.2) is 0 Å². The summed E-state index contributed by atoms with van der Waals surface area (Å²) in [4.78, 5) is 11.4. The van der Waals surface area contributed by atoms with Gasteiger partial charge in [-0.3, -0.25) is 4.79 Å². The van der Waals surface area contributed by atoms with Gasteiger partial charge in [-0.2, -0.15) is 0 Å². The average molecular weight is 318 g/mol. The molecule has 0 aromatic carbocycles. The first kappa shape index (κ1) is 20.9. The minimum Gasteiger partial charge on any atom is -0.465 e. The van der Waals surface area contributed by atoms with Crippen molar-refractivity contribution >= 4 is 15.4 Å². The summed E-state index contributed by atoms with van der Waals surface area (Å²) in [5, 5.41) is 0. The van der Waals surface area contributed by atoms with Gasteiger partial charge in [0.05, 0.1) is 19.6 Å². The first-order chi connectivity index (χ1) is 10.2. The van der Waals surface area contributed by atoms with Gasteiger partial charge in [0.25, 0.3) is 0 Å². The van der Waals surface area contributed by atoms with Crippen LogP contribution in [0.2, 0.25) is 0 Å². The molecule has 0 fully saturated rings. The molecule has 21 heavy (non-hydrogen) atoms. The molecule has 0 bridgehead atoms. The summed E-state index contributed by atoms with van der Waals surface area (Å²) in [7, 11) is 2.15. The normalized spacial score (nSPS) is 12.3. The van der Waals surface area contributed by atoms with E-state index in [9.17, 15) is 4.79 Å². The quantitative estimate of drug-likeness (QED) is 0.234. The summed E-state index contributed by atoms with van der Waals surface area (Å²) in [5.74, 6) is 0.373. The lowest BCUT2D eigenvalue weighted by molar-refractivity contribution is -0.145. The molecule has 4 heteroatoms.